The number of aryl methyl sites for hydroxylation is 1. The van der Waals surface area contributed by atoms with Crippen molar-refractivity contribution in [3.63, 3.8) is 0 Å². The van der Waals surface area contributed by atoms with Gasteiger partial charge in [-0.15, -0.1) is 0 Å². The molecule has 0 bridgehead atoms. The smallest absolute Gasteiger partial charge is 0.129 e. The van der Waals surface area contributed by atoms with Crippen molar-refractivity contribution in [2.24, 2.45) is 0 Å². The van der Waals surface area contributed by atoms with Crippen LogP contribution in [-0.2, 0) is 13.1 Å². The minimum Gasteiger partial charge on any atom is -0.399 e. The largest absolute Gasteiger partial charge is 0.399 e. The van der Waals surface area contributed by atoms with Crippen LogP contribution in [0.4, 0.5) is 11.4 Å². The first-order valence-corrected chi connectivity index (χ1v) is 7.36. The molecular formula is C17H18N4. The number of nitrogens with zero attached hydrogens (tertiary/aromatic N) is 3. The third-order valence-corrected chi connectivity index (χ3v) is 4.13. The van der Waals surface area contributed by atoms with Gasteiger partial charge in [-0.25, -0.2) is 4.98 Å². The number of nitrogen functional groups attached to an aromatic ring is 1. The Kier molecular flexibility index (Phi) is 2.81. The van der Waals surface area contributed by atoms with E-state index in [4.69, 9.17) is 10.7 Å². The lowest BCUT2D eigenvalue weighted by Crippen LogP contribution is -2.22. The highest BCUT2D eigenvalue weighted by Gasteiger charge is 2.18. The molecule has 3 aromatic rings. The van der Waals surface area contributed by atoms with E-state index < -0.39 is 0 Å². The maximum Gasteiger partial charge on any atom is 0.129 e. The van der Waals surface area contributed by atoms with Gasteiger partial charge >= 0.3 is 0 Å². The Morgan fingerprint density at radius 2 is 1.76 bits per heavy atom. The van der Waals surface area contributed by atoms with E-state index in [1.54, 1.807) is 0 Å². The van der Waals surface area contributed by atoms with Gasteiger partial charge in [-0.2, -0.15) is 0 Å². The average Bonchev–Trinajstić information content (AvgIpc) is 2.71. The molecule has 2 N–H and O–H groups in total. The Labute approximate surface area is 123 Å². The highest BCUT2D eigenvalue weighted by molar-refractivity contribution is 5.76. The minimum atomic E-state index is 0.806. The second kappa shape index (κ2) is 4.81. The summed E-state index contributed by atoms with van der Waals surface area (Å²) in [6.07, 6.45) is 1.12. The van der Waals surface area contributed by atoms with Crippen molar-refractivity contribution in [2.75, 3.05) is 17.2 Å². The van der Waals surface area contributed by atoms with E-state index >= 15 is 0 Å². The van der Waals surface area contributed by atoms with Gasteiger partial charge in [0.1, 0.15) is 5.82 Å². The zero-order chi connectivity index (χ0) is 14.2. The quantitative estimate of drug-likeness (QED) is 0.696. The van der Waals surface area contributed by atoms with Crippen molar-refractivity contribution in [3.05, 3.63) is 54.4 Å². The molecule has 0 aliphatic carbocycles. The molecule has 4 heteroatoms. The van der Waals surface area contributed by atoms with Crippen LogP contribution in [0.1, 0.15) is 12.2 Å². The topological polar surface area (TPSA) is 47.1 Å². The summed E-state index contributed by atoms with van der Waals surface area (Å²) >= 11 is 0. The molecule has 0 atom stereocenters. The second-order valence-electron chi connectivity index (χ2n) is 5.54. The van der Waals surface area contributed by atoms with Crippen LogP contribution in [-0.4, -0.2) is 16.1 Å². The van der Waals surface area contributed by atoms with Crippen molar-refractivity contribution in [3.8, 4) is 0 Å². The fourth-order valence-electron chi connectivity index (χ4n) is 3.07. The lowest BCUT2D eigenvalue weighted by atomic mass is 10.2. The molecule has 2 aromatic carbocycles. The van der Waals surface area contributed by atoms with Crippen molar-refractivity contribution >= 4 is 22.4 Å². The number of rotatable bonds is 1. The zero-order valence-electron chi connectivity index (χ0n) is 11.9. The van der Waals surface area contributed by atoms with Gasteiger partial charge < -0.3 is 15.2 Å². The number of hydrogen-bond acceptors (Lipinski definition) is 3. The van der Waals surface area contributed by atoms with Crippen LogP contribution in [0.5, 0.6) is 0 Å². The van der Waals surface area contributed by atoms with E-state index in [2.05, 4.69) is 39.8 Å². The Hall–Kier alpha value is -2.49. The third kappa shape index (κ3) is 2.13. The molecule has 0 fully saturated rings. The number of anilines is 2. The molecular weight excluding hydrogens is 260 g/mol. The summed E-state index contributed by atoms with van der Waals surface area (Å²) in [5.41, 5.74) is 10.1. The molecule has 1 aliphatic rings. The van der Waals surface area contributed by atoms with Gasteiger partial charge in [0.05, 0.1) is 17.6 Å². The molecule has 4 nitrogen and oxygen atoms in total. The van der Waals surface area contributed by atoms with Crippen LogP contribution in [0.2, 0.25) is 0 Å². The molecule has 0 saturated carbocycles. The van der Waals surface area contributed by atoms with Crippen molar-refractivity contribution in [1.82, 2.24) is 9.55 Å². The number of imidazole rings is 1. The van der Waals surface area contributed by atoms with Crippen molar-refractivity contribution in [2.45, 2.75) is 19.5 Å². The fraction of sp³-hybridized carbons (Fsp3) is 0.235. The van der Waals surface area contributed by atoms with Crippen LogP contribution in [0.25, 0.3) is 11.0 Å². The maximum atomic E-state index is 5.78. The predicted molar refractivity (Wildman–Crippen MR) is 86.3 cm³/mol. The average molecular weight is 278 g/mol. The molecule has 2 heterocycles. The summed E-state index contributed by atoms with van der Waals surface area (Å²) in [7, 11) is 0. The lowest BCUT2D eigenvalue weighted by molar-refractivity contribution is 0.678. The Bertz CT molecular complexity index is 773. The fourth-order valence-corrected chi connectivity index (χ4v) is 3.07. The first-order chi connectivity index (χ1) is 10.3. The van der Waals surface area contributed by atoms with E-state index in [9.17, 15) is 0 Å². The molecule has 0 spiro atoms. The number of hydrogen-bond donors (Lipinski definition) is 1. The van der Waals surface area contributed by atoms with Crippen molar-refractivity contribution < 1.29 is 0 Å². The van der Waals surface area contributed by atoms with E-state index in [1.165, 1.54) is 11.2 Å². The van der Waals surface area contributed by atoms with E-state index in [-0.39, 0.29) is 0 Å². The third-order valence-electron chi connectivity index (χ3n) is 4.13. The molecule has 1 aromatic heterocycles. The SMILES string of the molecule is Nc1ccc(N2CCCn3c(nc4ccccc43)C2)cc1. The minimum absolute atomic E-state index is 0.806. The summed E-state index contributed by atoms with van der Waals surface area (Å²) in [6.45, 7) is 2.92. The van der Waals surface area contributed by atoms with Gasteiger partial charge in [0.15, 0.2) is 0 Å². The van der Waals surface area contributed by atoms with Gasteiger partial charge in [-0.1, -0.05) is 12.1 Å². The molecule has 1 aliphatic heterocycles. The van der Waals surface area contributed by atoms with Gasteiger partial charge in [-0.05, 0) is 42.8 Å². The Balaban J connectivity index is 1.73. The normalized spacial score (nSPS) is 15.0. The number of fused-ring (bicyclic) bond motifs is 3. The molecule has 106 valence electrons. The van der Waals surface area contributed by atoms with E-state index in [1.807, 2.05) is 18.2 Å². The number of nitrogens with two attached hydrogens (primary N) is 1. The lowest BCUT2D eigenvalue weighted by Gasteiger charge is -2.22. The number of para-hydroxylation sites is 2. The highest BCUT2D eigenvalue weighted by Crippen LogP contribution is 2.24. The van der Waals surface area contributed by atoms with E-state index in [0.29, 0.717) is 0 Å². The summed E-state index contributed by atoms with van der Waals surface area (Å²) in [6, 6.07) is 16.5. The number of aromatic nitrogens is 2. The van der Waals surface area contributed by atoms with Crippen LogP contribution in [0, 0.1) is 0 Å². The van der Waals surface area contributed by atoms with Crippen LogP contribution in [0.15, 0.2) is 48.5 Å². The summed E-state index contributed by atoms with van der Waals surface area (Å²) in [5, 5.41) is 0. The Morgan fingerprint density at radius 3 is 2.62 bits per heavy atom. The van der Waals surface area contributed by atoms with Gasteiger partial charge in [0.25, 0.3) is 0 Å². The van der Waals surface area contributed by atoms with Crippen LogP contribution < -0.4 is 10.6 Å². The summed E-state index contributed by atoms with van der Waals surface area (Å²) < 4.78 is 2.35. The monoisotopic (exact) mass is 278 g/mol. The zero-order valence-corrected chi connectivity index (χ0v) is 11.9. The molecule has 0 radical (unpaired) electrons. The molecule has 0 amide bonds. The standard InChI is InChI=1S/C17H18N4/c18-13-6-8-14(9-7-13)20-10-3-11-21-16-5-2-1-4-15(16)19-17(21)12-20/h1-2,4-9H,3,10-12,18H2. The highest BCUT2D eigenvalue weighted by atomic mass is 15.2. The van der Waals surface area contributed by atoms with Crippen molar-refractivity contribution in [1.29, 1.82) is 0 Å². The van der Waals surface area contributed by atoms with Gasteiger partial charge in [0, 0.05) is 24.5 Å². The van der Waals surface area contributed by atoms with Gasteiger partial charge in [-0.3, -0.25) is 0 Å². The van der Waals surface area contributed by atoms with Gasteiger partial charge in [0.2, 0.25) is 0 Å². The first kappa shape index (κ1) is 12.3. The predicted octanol–water partition coefficient (Wildman–Crippen LogP) is 3.03. The molecule has 0 unspecified atom stereocenters. The second-order valence-corrected chi connectivity index (χ2v) is 5.54. The molecule has 0 saturated heterocycles. The molecule has 21 heavy (non-hydrogen) atoms. The summed E-state index contributed by atoms with van der Waals surface area (Å²) in [4.78, 5) is 7.18. The van der Waals surface area contributed by atoms with E-state index in [0.717, 1.165) is 43.1 Å². The first-order valence-electron chi connectivity index (χ1n) is 7.36. The van der Waals surface area contributed by atoms with Crippen LogP contribution >= 0.6 is 0 Å². The number of benzene rings is 2. The maximum absolute atomic E-state index is 5.78. The summed E-state index contributed by atoms with van der Waals surface area (Å²) in [5.74, 6) is 1.14. The Morgan fingerprint density at radius 1 is 0.952 bits per heavy atom. The molecule has 4 rings (SSSR count). The van der Waals surface area contributed by atoms with Crippen LogP contribution in [0.3, 0.4) is 0 Å².